The molecule has 0 atom stereocenters. The van der Waals surface area contributed by atoms with Gasteiger partial charge >= 0.3 is 0 Å². The van der Waals surface area contributed by atoms with Crippen LogP contribution in [0.15, 0.2) is 82.7 Å². The third-order valence-corrected chi connectivity index (χ3v) is 8.34. The Labute approximate surface area is 221 Å². The van der Waals surface area contributed by atoms with Crippen molar-refractivity contribution in [2.24, 2.45) is 0 Å². The van der Waals surface area contributed by atoms with Gasteiger partial charge in [-0.2, -0.15) is 0 Å². The number of rotatable bonds is 5. The molecular formula is C26H18Cl2N2OS3. The van der Waals surface area contributed by atoms with Crippen molar-refractivity contribution in [3.63, 3.8) is 0 Å². The molecule has 1 aliphatic heterocycles. The summed E-state index contributed by atoms with van der Waals surface area (Å²) in [5, 5.41) is 2.29. The summed E-state index contributed by atoms with van der Waals surface area (Å²) >= 11 is 21.4. The number of halogens is 2. The quantitative estimate of drug-likeness (QED) is 0.145. The number of hydrogen-bond acceptors (Lipinski definition) is 4. The molecule has 0 N–H and O–H groups in total. The summed E-state index contributed by atoms with van der Waals surface area (Å²) < 4.78 is 2.64. The molecule has 0 aliphatic carbocycles. The van der Waals surface area contributed by atoms with Gasteiger partial charge in [0.05, 0.1) is 17.1 Å². The molecule has 170 valence electrons. The fraction of sp³-hybridized carbons (Fsp3) is 0.0769. The van der Waals surface area contributed by atoms with Gasteiger partial charge in [0.1, 0.15) is 0 Å². The third-order valence-electron chi connectivity index (χ3n) is 5.60. The summed E-state index contributed by atoms with van der Waals surface area (Å²) in [6, 6.07) is 21.5. The van der Waals surface area contributed by atoms with Crippen molar-refractivity contribution >= 4 is 91.8 Å². The molecule has 0 unspecified atom stereocenters. The van der Waals surface area contributed by atoms with Gasteiger partial charge in [-0.05, 0) is 48.7 Å². The monoisotopic (exact) mass is 540 g/mol. The first kappa shape index (κ1) is 23.5. The lowest BCUT2D eigenvalue weighted by molar-refractivity contribution is -0.113. The lowest BCUT2D eigenvalue weighted by Gasteiger charge is -2.15. The number of fused-ring (bicyclic) bond motifs is 1. The highest BCUT2D eigenvalue weighted by atomic mass is 35.5. The minimum atomic E-state index is -0.112. The number of thioether (sulfide) groups is 2. The van der Waals surface area contributed by atoms with Gasteiger partial charge < -0.3 is 4.57 Å². The SMILES string of the molecule is CSc1cccc(N2C(=O)/C(=C/c3cn(Cc4c(Cl)cccc4Cl)c4ccccc34)SC2=S)c1. The molecule has 0 bridgehead atoms. The topological polar surface area (TPSA) is 25.2 Å². The van der Waals surface area contributed by atoms with E-state index in [4.69, 9.17) is 35.4 Å². The van der Waals surface area contributed by atoms with E-state index in [-0.39, 0.29) is 5.91 Å². The van der Waals surface area contributed by atoms with Crippen molar-refractivity contribution in [1.82, 2.24) is 4.57 Å². The van der Waals surface area contributed by atoms with Gasteiger partial charge in [-0.3, -0.25) is 9.69 Å². The van der Waals surface area contributed by atoms with E-state index in [2.05, 4.69) is 16.7 Å². The molecule has 4 aromatic rings. The fourth-order valence-corrected chi connectivity index (χ4v) is 6.22. The van der Waals surface area contributed by atoms with E-state index in [1.807, 2.05) is 73.1 Å². The Hall–Kier alpha value is -2.22. The van der Waals surface area contributed by atoms with Crippen LogP contribution >= 0.6 is 58.9 Å². The molecule has 0 spiro atoms. The van der Waals surface area contributed by atoms with Crippen LogP contribution < -0.4 is 4.90 Å². The number of benzene rings is 3. The summed E-state index contributed by atoms with van der Waals surface area (Å²) in [7, 11) is 0. The smallest absolute Gasteiger partial charge is 0.270 e. The second-order valence-electron chi connectivity index (χ2n) is 7.65. The van der Waals surface area contributed by atoms with Crippen LogP contribution in [0.1, 0.15) is 11.1 Å². The Balaban J connectivity index is 1.53. The summed E-state index contributed by atoms with van der Waals surface area (Å²) in [5.74, 6) is -0.112. The maximum Gasteiger partial charge on any atom is 0.270 e. The predicted octanol–water partition coefficient (Wildman–Crippen LogP) is 8.12. The highest BCUT2D eigenvalue weighted by Gasteiger charge is 2.33. The van der Waals surface area contributed by atoms with E-state index in [0.717, 1.165) is 32.6 Å². The Morgan fingerprint density at radius 1 is 1.03 bits per heavy atom. The summed E-state index contributed by atoms with van der Waals surface area (Å²) in [4.78, 5) is 16.6. The Kier molecular flexibility index (Phi) is 6.78. The van der Waals surface area contributed by atoms with E-state index < -0.39 is 0 Å². The van der Waals surface area contributed by atoms with Gasteiger partial charge in [0, 0.05) is 43.2 Å². The Morgan fingerprint density at radius 3 is 2.53 bits per heavy atom. The molecule has 1 aliphatic rings. The average Bonchev–Trinajstić information content (AvgIpc) is 3.32. The van der Waals surface area contributed by atoms with Crippen LogP contribution in [0.25, 0.3) is 17.0 Å². The zero-order valence-electron chi connectivity index (χ0n) is 18.0. The van der Waals surface area contributed by atoms with E-state index in [1.54, 1.807) is 16.7 Å². The van der Waals surface area contributed by atoms with E-state index >= 15 is 0 Å². The van der Waals surface area contributed by atoms with Crippen LogP contribution in [0.5, 0.6) is 0 Å². The average molecular weight is 542 g/mol. The normalized spacial score (nSPS) is 15.1. The molecule has 0 radical (unpaired) electrons. The molecule has 0 saturated carbocycles. The first-order valence-corrected chi connectivity index (χ1v) is 13.6. The third kappa shape index (κ3) is 4.41. The number of amides is 1. The van der Waals surface area contributed by atoms with Crippen LogP contribution in [-0.2, 0) is 11.3 Å². The number of carbonyl (C=O) groups excluding carboxylic acids is 1. The number of anilines is 1. The maximum absolute atomic E-state index is 13.3. The number of aromatic nitrogens is 1. The van der Waals surface area contributed by atoms with Gasteiger partial charge in [-0.15, -0.1) is 11.8 Å². The van der Waals surface area contributed by atoms with Gasteiger partial charge in [-0.25, -0.2) is 0 Å². The first-order chi connectivity index (χ1) is 16.5. The van der Waals surface area contributed by atoms with Crippen molar-refractivity contribution in [2.75, 3.05) is 11.2 Å². The molecule has 3 nitrogen and oxygen atoms in total. The van der Waals surface area contributed by atoms with E-state index in [1.165, 1.54) is 11.8 Å². The second-order valence-corrected chi connectivity index (χ2v) is 11.0. The van der Waals surface area contributed by atoms with Crippen LogP contribution in [0, 0.1) is 0 Å². The van der Waals surface area contributed by atoms with Gasteiger partial charge in [0.15, 0.2) is 4.32 Å². The largest absolute Gasteiger partial charge is 0.342 e. The summed E-state index contributed by atoms with van der Waals surface area (Å²) in [6.07, 6.45) is 5.96. The highest BCUT2D eigenvalue weighted by molar-refractivity contribution is 8.27. The molecule has 2 heterocycles. The number of para-hydroxylation sites is 1. The molecule has 34 heavy (non-hydrogen) atoms. The van der Waals surface area contributed by atoms with Gasteiger partial charge in [-0.1, -0.05) is 77.5 Å². The molecule has 1 saturated heterocycles. The minimum absolute atomic E-state index is 0.112. The summed E-state index contributed by atoms with van der Waals surface area (Å²) in [5.41, 5.74) is 3.62. The number of carbonyl (C=O) groups is 1. The number of thiocarbonyl (C=S) groups is 1. The standard InChI is InChI=1S/C26H18Cl2N2OS3/c1-33-18-7-4-6-17(13-18)30-25(31)24(34-26(30)32)12-16-14-29(23-11-3-2-8-19(16)23)15-20-21(27)9-5-10-22(20)28/h2-14H,15H2,1H3/b24-12-. The van der Waals surface area contributed by atoms with Gasteiger partial charge in [0.2, 0.25) is 0 Å². The highest BCUT2D eigenvalue weighted by Crippen LogP contribution is 2.38. The lowest BCUT2D eigenvalue weighted by atomic mass is 10.1. The van der Waals surface area contributed by atoms with Crippen LogP contribution in [0.3, 0.4) is 0 Å². The Bertz CT molecular complexity index is 1460. The summed E-state index contributed by atoms with van der Waals surface area (Å²) in [6.45, 7) is 0.523. The lowest BCUT2D eigenvalue weighted by Crippen LogP contribution is -2.27. The van der Waals surface area contributed by atoms with Crippen LogP contribution in [-0.4, -0.2) is 21.1 Å². The van der Waals surface area contributed by atoms with Gasteiger partial charge in [0.25, 0.3) is 5.91 Å². The minimum Gasteiger partial charge on any atom is -0.342 e. The van der Waals surface area contributed by atoms with E-state index in [9.17, 15) is 4.79 Å². The molecule has 3 aromatic carbocycles. The molecule has 1 amide bonds. The zero-order valence-corrected chi connectivity index (χ0v) is 22.0. The van der Waals surface area contributed by atoms with Crippen molar-refractivity contribution in [3.05, 3.63) is 99.0 Å². The molecular weight excluding hydrogens is 523 g/mol. The van der Waals surface area contributed by atoms with E-state index in [0.29, 0.717) is 25.8 Å². The van der Waals surface area contributed by atoms with Crippen LogP contribution in [0.4, 0.5) is 5.69 Å². The van der Waals surface area contributed by atoms with Crippen molar-refractivity contribution in [3.8, 4) is 0 Å². The Morgan fingerprint density at radius 2 is 1.76 bits per heavy atom. The van der Waals surface area contributed by atoms with Crippen LogP contribution in [0.2, 0.25) is 10.0 Å². The first-order valence-electron chi connectivity index (χ1n) is 10.4. The predicted molar refractivity (Wildman–Crippen MR) is 151 cm³/mol. The van der Waals surface area contributed by atoms with Crippen molar-refractivity contribution in [1.29, 1.82) is 0 Å². The second kappa shape index (κ2) is 9.80. The van der Waals surface area contributed by atoms with Crippen molar-refractivity contribution < 1.29 is 4.79 Å². The maximum atomic E-state index is 13.3. The molecule has 1 fully saturated rings. The zero-order chi connectivity index (χ0) is 23.8. The van der Waals surface area contributed by atoms with Crippen molar-refractivity contribution in [2.45, 2.75) is 11.4 Å². The molecule has 8 heteroatoms. The molecule has 1 aromatic heterocycles. The molecule has 5 rings (SSSR count). The fourth-order valence-electron chi connectivity index (χ4n) is 3.96. The number of hydrogen-bond donors (Lipinski definition) is 0. The number of nitrogens with zero attached hydrogens (tertiary/aromatic N) is 2.